The Morgan fingerprint density at radius 1 is 1.19 bits per heavy atom. The molecule has 2 aromatic carbocycles. The molecule has 0 unspecified atom stereocenters. The van der Waals surface area contributed by atoms with Crippen LogP contribution in [0.4, 0.5) is 25.0 Å². The third-order valence-electron chi connectivity index (χ3n) is 3.55. The van der Waals surface area contributed by atoms with Gasteiger partial charge in [0.25, 0.3) is 0 Å². The van der Waals surface area contributed by atoms with Crippen molar-refractivity contribution in [2.24, 2.45) is 0 Å². The lowest BCUT2D eigenvalue weighted by Gasteiger charge is -2.07. The third kappa shape index (κ3) is 4.35. The molecule has 0 aliphatic heterocycles. The van der Waals surface area contributed by atoms with Crippen LogP contribution in [0.3, 0.4) is 0 Å². The van der Waals surface area contributed by atoms with Crippen molar-refractivity contribution in [1.29, 1.82) is 0 Å². The number of halogens is 2. The van der Waals surface area contributed by atoms with Crippen molar-refractivity contribution in [3.8, 4) is 5.75 Å². The molecule has 134 valence electrons. The summed E-state index contributed by atoms with van der Waals surface area (Å²) in [6.45, 7) is 0.493. The lowest BCUT2D eigenvalue weighted by atomic mass is 10.2. The quantitative estimate of drug-likeness (QED) is 0.728. The van der Waals surface area contributed by atoms with E-state index in [1.807, 2.05) is 24.3 Å². The Kier molecular flexibility index (Phi) is 5.12. The number of nitrogens with zero attached hydrogens (tertiary/aromatic N) is 2. The molecule has 26 heavy (non-hydrogen) atoms. The molecule has 2 amide bonds. The van der Waals surface area contributed by atoms with Gasteiger partial charge in [0.15, 0.2) is 0 Å². The predicted molar refractivity (Wildman–Crippen MR) is 93.3 cm³/mol. The minimum absolute atomic E-state index is 0.118. The summed E-state index contributed by atoms with van der Waals surface area (Å²) in [4.78, 5) is 11.9. The number of rotatable bonds is 5. The number of carbonyl (C=O) groups excluding carboxylic acids is 1. The molecule has 3 rings (SSSR count). The standard InChI is InChI=1S/C18H16F2N4O2/c1-26-15-4-2-3-12(7-15)10-24-11-14(9-21-24)22-18(25)23-17-6-5-13(19)8-16(17)20/h2-9,11H,10H2,1H3,(H2,22,23,25). The van der Waals surface area contributed by atoms with Crippen LogP contribution in [0, 0.1) is 11.6 Å². The zero-order valence-electron chi connectivity index (χ0n) is 13.9. The highest BCUT2D eigenvalue weighted by Gasteiger charge is 2.09. The average Bonchev–Trinajstić information content (AvgIpc) is 3.04. The number of benzene rings is 2. The van der Waals surface area contributed by atoms with Crippen molar-refractivity contribution in [2.45, 2.75) is 6.54 Å². The van der Waals surface area contributed by atoms with E-state index in [0.717, 1.165) is 23.4 Å². The molecule has 0 aliphatic rings. The van der Waals surface area contributed by atoms with E-state index in [0.29, 0.717) is 18.3 Å². The minimum Gasteiger partial charge on any atom is -0.497 e. The van der Waals surface area contributed by atoms with Crippen molar-refractivity contribution in [2.75, 3.05) is 17.7 Å². The van der Waals surface area contributed by atoms with Gasteiger partial charge in [-0.3, -0.25) is 4.68 Å². The van der Waals surface area contributed by atoms with Gasteiger partial charge in [0, 0.05) is 12.3 Å². The summed E-state index contributed by atoms with van der Waals surface area (Å²) in [5.41, 5.74) is 1.30. The molecule has 1 aromatic heterocycles. The van der Waals surface area contributed by atoms with E-state index >= 15 is 0 Å². The lowest BCUT2D eigenvalue weighted by Crippen LogP contribution is -2.19. The molecule has 0 saturated heterocycles. The zero-order valence-corrected chi connectivity index (χ0v) is 13.9. The molecule has 1 heterocycles. The lowest BCUT2D eigenvalue weighted by molar-refractivity contribution is 0.262. The molecule has 8 heteroatoms. The zero-order chi connectivity index (χ0) is 18.5. The summed E-state index contributed by atoms with van der Waals surface area (Å²) in [6, 6.07) is 9.79. The number of carbonyl (C=O) groups is 1. The van der Waals surface area contributed by atoms with Gasteiger partial charge in [-0.25, -0.2) is 13.6 Å². The molecule has 0 aliphatic carbocycles. The molecule has 0 bridgehead atoms. The first-order valence-corrected chi connectivity index (χ1v) is 7.72. The van der Waals surface area contributed by atoms with Crippen LogP contribution in [0.2, 0.25) is 0 Å². The SMILES string of the molecule is COc1cccc(Cn2cc(NC(=O)Nc3ccc(F)cc3F)cn2)c1. The van der Waals surface area contributed by atoms with Gasteiger partial charge in [-0.05, 0) is 29.8 Å². The second kappa shape index (κ2) is 7.64. The van der Waals surface area contributed by atoms with E-state index in [4.69, 9.17) is 4.74 Å². The van der Waals surface area contributed by atoms with Gasteiger partial charge in [-0.2, -0.15) is 5.10 Å². The Hall–Kier alpha value is -3.42. The van der Waals surface area contributed by atoms with Gasteiger partial charge in [-0.15, -0.1) is 0 Å². The summed E-state index contributed by atoms with van der Waals surface area (Å²) in [7, 11) is 1.59. The third-order valence-corrected chi connectivity index (χ3v) is 3.55. The Balaban J connectivity index is 1.61. The number of aromatic nitrogens is 2. The molecule has 2 N–H and O–H groups in total. The first kappa shape index (κ1) is 17.4. The van der Waals surface area contributed by atoms with Crippen LogP contribution in [-0.4, -0.2) is 22.9 Å². The number of ether oxygens (including phenoxy) is 1. The van der Waals surface area contributed by atoms with Gasteiger partial charge in [0.05, 0.1) is 31.2 Å². The smallest absolute Gasteiger partial charge is 0.323 e. The van der Waals surface area contributed by atoms with Crippen molar-refractivity contribution in [3.05, 3.63) is 72.1 Å². The minimum atomic E-state index is -0.853. The molecule has 0 saturated carbocycles. The highest BCUT2D eigenvalue weighted by Crippen LogP contribution is 2.16. The number of amides is 2. The second-order valence-electron chi connectivity index (χ2n) is 5.48. The normalized spacial score (nSPS) is 10.4. The van der Waals surface area contributed by atoms with E-state index in [9.17, 15) is 13.6 Å². The first-order valence-electron chi connectivity index (χ1n) is 7.72. The maximum atomic E-state index is 13.5. The number of hydrogen-bond acceptors (Lipinski definition) is 3. The topological polar surface area (TPSA) is 68.2 Å². The van der Waals surface area contributed by atoms with Gasteiger partial charge < -0.3 is 15.4 Å². The number of methoxy groups -OCH3 is 1. The average molecular weight is 358 g/mol. The van der Waals surface area contributed by atoms with Crippen LogP contribution in [0.25, 0.3) is 0 Å². The molecule has 6 nitrogen and oxygen atoms in total. The maximum Gasteiger partial charge on any atom is 0.323 e. The van der Waals surface area contributed by atoms with E-state index in [-0.39, 0.29) is 5.69 Å². The number of urea groups is 1. The summed E-state index contributed by atoms with van der Waals surface area (Å²) in [5, 5.41) is 9.02. The van der Waals surface area contributed by atoms with Crippen LogP contribution in [0.1, 0.15) is 5.56 Å². The first-order chi connectivity index (χ1) is 12.5. The molecule has 0 atom stereocenters. The van der Waals surface area contributed by atoms with Crippen molar-refractivity contribution < 1.29 is 18.3 Å². The predicted octanol–water partition coefficient (Wildman–Crippen LogP) is 3.86. The van der Waals surface area contributed by atoms with Gasteiger partial charge >= 0.3 is 6.03 Å². The van der Waals surface area contributed by atoms with Crippen molar-refractivity contribution in [1.82, 2.24) is 9.78 Å². The number of anilines is 2. The molecule has 0 spiro atoms. The van der Waals surface area contributed by atoms with E-state index in [2.05, 4.69) is 15.7 Å². The molecule has 0 radical (unpaired) electrons. The fourth-order valence-corrected chi connectivity index (χ4v) is 2.35. The van der Waals surface area contributed by atoms with Crippen molar-refractivity contribution in [3.63, 3.8) is 0 Å². The highest BCUT2D eigenvalue weighted by atomic mass is 19.1. The van der Waals surface area contributed by atoms with Gasteiger partial charge in [0.1, 0.15) is 17.4 Å². The summed E-state index contributed by atoms with van der Waals surface area (Å²) < 4.78 is 33.2. The highest BCUT2D eigenvalue weighted by molar-refractivity contribution is 5.99. The fourth-order valence-electron chi connectivity index (χ4n) is 2.35. The fraction of sp³-hybridized carbons (Fsp3) is 0.111. The molecule has 0 fully saturated rings. The monoisotopic (exact) mass is 358 g/mol. The van der Waals surface area contributed by atoms with Crippen LogP contribution in [-0.2, 0) is 6.54 Å². The number of nitrogens with one attached hydrogen (secondary N) is 2. The van der Waals surface area contributed by atoms with Gasteiger partial charge in [-0.1, -0.05) is 12.1 Å². The van der Waals surface area contributed by atoms with Crippen LogP contribution >= 0.6 is 0 Å². The second-order valence-corrected chi connectivity index (χ2v) is 5.48. The summed E-state index contributed by atoms with van der Waals surface area (Å²) in [6.07, 6.45) is 3.11. The van der Waals surface area contributed by atoms with Crippen LogP contribution in [0.5, 0.6) is 5.75 Å². The Bertz CT molecular complexity index is 927. The van der Waals surface area contributed by atoms with Gasteiger partial charge in [0.2, 0.25) is 0 Å². The summed E-state index contributed by atoms with van der Waals surface area (Å²) >= 11 is 0. The van der Waals surface area contributed by atoms with Crippen LogP contribution < -0.4 is 15.4 Å². The Morgan fingerprint density at radius 3 is 2.81 bits per heavy atom. The maximum absolute atomic E-state index is 13.5. The largest absolute Gasteiger partial charge is 0.497 e. The van der Waals surface area contributed by atoms with Crippen molar-refractivity contribution >= 4 is 17.4 Å². The van der Waals surface area contributed by atoms with E-state index < -0.39 is 17.7 Å². The van der Waals surface area contributed by atoms with E-state index in [1.165, 1.54) is 6.20 Å². The Morgan fingerprint density at radius 2 is 2.04 bits per heavy atom. The molecular formula is C18H16F2N4O2. The Labute approximate surface area is 148 Å². The molecular weight excluding hydrogens is 342 g/mol. The summed E-state index contributed by atoms with van der Waals surface area (Å²) in [5.74, 6) is -0.824. The van der Waals surface area contributed by atoms with Crippen LogP contribution in [0.15, 0.2) is 54.9 Å². The molecule has 3 aromatic rings. The van der Waals surface area contributed by atoms with E-state index in [1.54, 1.807) is 18.0 Å². The number of hydrogen-bond donors (Lipinski definition) is 2.